The third kappa shape index (κ3) is 4.58. The van der Waals surface area contributed by atoms with Crippen molar-refractivity contribution in [2.24, 2.45) is 0 Å². The molecule has 3 aromatic carbocycles. The Morgan fingerprint density at radius 2 is 1.86 bits per heavy atom. The smallest absolute Gasteiger partial charge is 0.278 e. The predicted molar refractivity (Wildman–Crippen MR) is 142 cm³/mol. The highest BCUT2D eigenvalue weighted by atomic mass is 16.5. The van der Waals surface area contributed by atoms with Gasteiger partial charge in [0.25, 0.3) is 5.56 Å². The van der Waals surface area contributed by atoms with Crippen LogP contribution in [0.15, 0.2) is 65.5 Å². The van der Waals surface area contributed by atoms with Gasteiger partial charge in [-0.3, -0.25) is 9.59 Å². The van der Waals surface area contributed by atoms with Crippen LogP contribution in [-0.4, -0.2) is 29.0 Å². The molecule has 0 atom stereocenters. The Bertz CT molecular complexity index is 1530. The number of anilines is 1. The molecule has 1 N–H and O–H groups in total. The van der Waals surface area contributed by atoms with Gasteiger partial charge in [0.05, 0.1) is 25.0 Å². The van der Waals surface area contributed by atoms with Crippen LogP contribution in [-0.2, 0) is 17.8 Å². The lowest BCUT2D eigenvalue weighted by atomic mass is 10.0. The topological polar surface area (TPSA) is 83.7 Å². The van der Waals surface area contributed by atoms with E-state index in [-0.39, 0.29) is 18.0 Å². The minimum absolute atomic E-state index is 0.129. The van der Waals surface area contributed by atoms with Gasteiger partial charge < -0.3 is 19.5 Å². The average Bonchev–Trinajstić information content (AvgIpc) is 3.14. The van der Waals surface area contributed by atoms with Crippen LogP contribution in [0.4, 0.5) is 5.69 Å². The molecule has 2 heterocycles. The number of para-hydroxylation sites is 1. The number of hydrogen-bond donors (Lipinski definition) is 1. The summed E-state index contributed by atoms with van der Waals surface area (Å²) in [5.41, 5.74) is 4.45. The van der Waals surface area contributed by atoms with E-state index >= 15 is 0 Å². The van der Waals surface area contributed by atoms with Crippen LogP contribution in [0.3, 0.4) is 0 Å². The Morgan fingerprint density at radius 1 is 1.08 bits per heavy atom. The first-order valence-electron chi connectivity index (χ1n) is 12.2. The first-order valence-corrected chi connectivity index (χ1v) is 12.2. The van der Waals surface area contributed by atoms with Crippen molar-refractivity contribution in [3.63, 3.8) is 0 Å². The highest BCUT2D eigenvalue weighted by molar-refractivity contribution is 5.90. The standard InChI is InChI=1S/C29H29N3O5/c1-5-36-22-12-10-21(11-13-22)30-26(33)17-31-29-23(16-20-7-6-8-25(35-4)27(20)37-29)28(34)32(31)24-14-9-18(2)15-19(24)3/h6-15H,5,16-17H2,1-4H3,(H,30,33). The molecule has 0 fully saturated rings. The summed E-state index contributed by atoms with van der Waals surface area (Å²) in [5.74, 6) is 1.89. The molecule has 5 rings (SSSR count). The van der Waals surface area contributed by atoms with E-state index in [1.54, 1.807) is 36.1 Å². The molecular weight excluding hydrogens is 470 g/mol. The van der Waals surface area contributed by atoms with Gasteiger partial charge in [0, 0.05) is 17.7 Å². The summed E-state index contributed by atoms with van der Waals surface area (Å²) in [6.07, 6.45) is 0.374. The molecule has 8 nitrogen and oxygen atoms in total. The number of aryl methyl sites for hydroxylation is 2. The molecule has 1 aliphatic rings. The van der Waals surface area contributed by atoms with Crippen LogP contribution in [0.25, 0.3) is 5.69 Å². The number of benzene rings is 3. The maximum atomic E-state index is 13.8. The second kappa shape index (κ2) is 9.89. The number of fused-ring (bicyclic) bond motifs is 2. The van der Waals surface area contributed by atoms with Gasteiger partial charge in [-0.2, -0.15) is 0 Å². The zero-order valence-electron chi connectivity index (χ0n) is 21.3. The molecule has 190 valence electrons. The molecule has 0 radical (unpaired) electrons. The predicted octanol–water partition coefficient (Wildman–Crippen LogP) is 5.00. The van der Waals surface area contributed by atoms with Crippen molar-refractivity contribution in [1.82, 2.24) is 9.36 Å². The maximum absolute atomic E-state index is 13.8. The van der Waals surface area contributed by atoms with Gasteiger partial charge in [-0.05, 0) is 62.7 Å². The van der Waals surface area contributed by atoms with Gasteiger partial charge in [-0.1, -0.05) is 29.8 Å². The lowest BCUT2D eigenvalue weighted by Gasteiger charge is -2.21. The normalized spacial score (nSPS) is 11.8. The van der Waals surface area contributed by atoms with Crippen molar-refractivity contribution < 1.29 is 19.0 Å². The third-order valence-electron chi connectivity index (χ3n) is 6.35. The molecule has 0 saturated heterocycles. The summed E-state index contributed by atoms with van der Waals surface area (Å²) < 4.78 is 20.4. The lowest BCUT2D eigenvalue weighted by Crippen LogP contribution is -2.28. The Kier molecular flexibility index (Phi) is 6.48. The van der Waals surface area contributed by atoms with Crippen LogP contribution >= 0.6 is 0 Å². The Morgan fingerprint density at radius 3 is 2.57 bits per heavy atom. The molecular formula is C29H29N3O5. The zero-order chi connectivity index (χ0) is 26.1. The summed E-state index contributed by atoms with van der Waals surface area (Å²) >= 11 is 0. The molecule has 1 aromatic heterocycles. The third-order valence-corrected chi connectivity index (χ3v) is 6.35. The Balaban J connectivity index is 1.56. The average molecular weight is 500 g/mol. The SMILES string of the molecule is CCOc1ccc(NC(=O)Cn2c3c(c(=O)n2-c2ccc(C)cc2C)Cc2cccc(OC)c2O3)cc1. The summed E-state index contributed by atoms with van der Waals surface area (Å²) in [5, 5.41) is 2.91. The number of carbonyl (C=O) groups is 1. The van der Waals surface area contributed by atoms with Gasteiger partial charge in [0.2, 0.25) is 11.8 Å². The summed E-state index contributed by atoms with van der Waals surface area (Å²) in [7, 11) is 1.58. The molecule has 0 aliphatic carbocycles. The number of methoxy groups -OCH3 is 1. The number of aromatic nitrogens is 2. The molecule has 37 heavy (non-hydrogen) atoms. The highest BCUT2D eigenvalue weighted by Crippen LogP contribution is 2.42. The van der Waals surface area contributed by atoms with Crippen LogP contribution < -0.4 is 25.1 Å². The Hall–Kier alpha value is -4.46. The van der Waals surface area contributed by atoms with Gasteiger partial charge in [-0.25, -0.2) is 9.36 Å². The highest BCUT2D eigenvalue weighted by Gasteiger charge is 2.31. The van der Waals surface area contributed by atoms with E-state index in [0.29, 0.717) is 47.3 Å². The number of carbonyl (C=O) groups excluding carboxylic acids is 1. The summed E-state index contributed by atoms with van der Waals surface area (Å²) in [4.78, 5) is 27.0. The molecule has 0 saturated carbocycles. The van der Waals surface area contributed by atoms with E-state index in [9.17, 15) is 9.59 Å². The fraction of sp³-hybridized carbons (Fsp3) is 0.241. The number of hydrogen-bond acceptors (Lipinski definition) is 5. The summed E-state index contributed by atoms with van der Waals surface area (Å²) in [6.45, 7) is 6.30. The van der Waals surface area contributed by atoms with Crippen molar-refractivity contribution in [2.45, 2.75) is 33.7 Å². The zero-order valence-corrected chi connectivity index (χ0v) is 21.3. The molecule has 0 bridgehead atoms. The minimum atomic E-state index is -0.296. The van der Waals surface area contributed by atoms with E-state index in [0.717, 1.165) is 22.4 Å². The van der Waals surface area contributed by atoms with Gasteiger partial charge in [-0.15, -0.1) is 0 Å². The van der Waals surface area contributed by atoms with Crippen molar-refractivity contribution in [3.8, 4) is 28.8 Å². The minimum Gasteiger partial charge on any atom is -0.494 e. The number of ether oxygens (including phenoxy) is 3. The van der Waals surface area contributed by atoms with E-state index < -0.39 is 0 Å². The van der Waals surface area contributed by atoms with Gasteiger partial charge in [0.15, 0.2) is 11.5 Å². The molecule has 4 aromatic rings. The second-order valence-electron chi connectivity index (χ2n) is 8.98. The van der Waals surface area contributed by atoms with E-state index in [4.69, 9.17) is 14.2 Å². The van der Waals surface area contributed by atoms with Crippen molar-refractivity contribution in [3.05, 3.63) is 93.3 Å². The van der Waals surface area contributed by atoms with E-state index in [2.05, 4.69) is 5.32 Å². The molecule has 1 amide bonds. The monoisotopic (exact) mass is 499 g/mol. The van der Waals surface area contributed by atoms with Crippen LogP contribution in [0.5, 0.6) is 23.1 Å². The quantitative estimate of drug-likeness (QED) is 0.341. The fourth-order valence-corrected chi connectivity index (χ4v) is 4.67. The van der Waals surface area contributed by atoms with E-state index in [1.165, 1.54) is 4.68 Å². The first-order chi connectivity index (χ1) is 17.9. The van der Waals surface area contributed by atoms with Crippen molar-refractivity contribution in [1.29, 1.82) is 0 Å². The largest absolute Gasteiger partial charge is 0.494 e. The molecule has 0 unspecified atom stereocenters. The van der Waals surface area contributed by atoms with E-state index in [1.807, 2.05) is 57.2 Å². The number of nitrogens with zero attached hydrogens (tertiary/aromatic N) is 2. The van der Waals surface area contributed by atoms with Gasteiger partial charge >= 0.3 is 0 Å². The van der Waals surface area contributed by atoms with Crippen LogP contribution in [0.2, 0.25) is 0 Å². The van der Waals surface area contributed by atoms with Crippen LogP contribution in [0.1, 0.15) is 29.2 Å². The molecule has 8 heteroatoms. The Labute approximate surface area is 215 Å². The van der Waals surface area contributed by atoms with Crippen molar-refractivity contribution in [2.75, 3.05) is 19.0 Å². The number of nitrogens with one attached hydrogen (secondary N) is 1. The summed E-state index contributed by atoms with van der Waals surface area (Å²) in [6, 6.07) is 18.6. The van der Waals surface area contributed by atoms with Crippen LogP contribution in [0, 0.1) is 13.8 Å². The number of rotatable bonds is 7. The lowest BCUT2D eigenvalue weighted by molar-refractivity contribution is -0.117. The first kappa shape index (κ1) is 24.2. The molecule has 1 aliphatic heterocycles. The number of amides is 1. The van der Waals surface area contributed by atoms with Crippen molar-refractivity contribution >= 4 is 11.6 Å². The second-order valence-corrected chi connectivity index (χ2v) is 8.98. The molecule has 0 spiro atoms. The maximum Gasteiger partial charge on any atom is 0.278 e. The fourth-order valence-electron chi connectivity index (χ4n) is 4.67. The van der Waals surface area contributed by atoms with Gasteiger partial charge in [0.1, 0.15) is 12.3 Å².